The molecule has 0 bridgehead atoms. The summed E-state index contributed by atoms with van der Waals surface area (Å²) in [6, 6.07) is 0. The quantitative estimate of drug-likeness (QED) is 0.0348. The lowest BCUT2D eigenvalue weighted by Gasteiger charge is -2.07. The van der Waals surface area contributed by atoms with Gasteiger partial charge in [-0.1, -0.05) is 178 Å². The highest BCUT2D eigenvalue weighted by Crippen LogP contribution is 2.12. The molecule has 0 aromatic heterocycles. The predicted octanol–water partition coefficient (Wildman–Crippen LogP) is 16.5. The third-order valence-electron chi connectivity index (χ3n) is 10.4. The normalized spacial score (nSPS) is 12.2. The van der Waals surface area contributed by atoms with Gasteiger partial charge in [-0.3, -0.25) is 0 Å². The molecule has 0 heterocycles. The fourth-order valence-corrected chi connectivity index (χ4v) is 6.70. The van der Waals surface area contributed by atoms with Gasteiger partial charge >= 0.3 is 0 Å². The molecule has 0 unspecified atom stereocenters. The molecule has 0 aliphatic rings. The summed E-state index contributed by atoms with van der Waals surface area (Å²) in [7, 11) is 0. The molecule has 0 saturated carbocycles. The molecule has 0 saturated heterocycles. The smallest absolute Gasteiger partial charge is 0.149 e. The molecule has 57 heavy (non-hydrogen) atoms. The maximum Gasteiger partial charge on any atom is 0.149 e. The van der Waals surface area contributed by atoms with Gasteiger partial charge in [-0.2, -0.15) is 0 Å². The van der Waals surface area contributed by atoms with E-state index in [1.165, 1.54) is 180 Å². The molecule has 0 N–H and O–H groups in total. The van der Waals surface area contributed by atoms with E-state index in [9.17, 15) is 0 Å². The minimum Gasteiger partial charge on any atom is -0.381 e. The predicted molar refractivity (Wildman–Crippen MR) is 249 cm³/mol. The second kappa shape index (κ2) is 54.8. The molecule has 0 spiro atoms. The highest BCUT2D eigenvalue weighted by molar-refractivity contribution is 4.83. The lowest BCUT2D eigenvalue weighted by molar-refractivity contribution is -0.131. The zero-order chi connectivity index (χ0) is 40.9. The molecule has 0 aromatic rings. The van der Waals surface area contributed by atoms with Crippen molar-refractivity contribution >= 4 is 0 Å². The SMILES string of the molecule is CCCC/C=C\CCCCCCCC/C=C\CCOCCCCCCCOCOCOCCCCCCCOCC/C=C\CCCCCCCC/C=C\CCCC. The highest BCUT2D eigenvalue weighted by Gasteiger charge is 1.97. The van der Waals surface area contributed by atoms with Gasteiger partial charge in [0.1, 0.15) is 13.6 Å². The van der Waals surface area contributed by atoms with Gasteiger partial charge in [0.15, 0.2) is 0 Å². The summed E-state index contributed by atoms with van der Waals surface area (Å²) in [5.74, 6) is 0. The first kappa shape index (κ1) is 55.8. The van der Waals surface area contributed by atoms with Gasteiger partial charge in [0.25, 0.3) is 0 Å². The zero-order valence-electron chi connectivity index (χ0n) is 38.4. The summed E-state index contributed by atoms with van der Waals surface area (Å²) in [5.41, 5.74) is 0. The van der Waals surface area contributed by atoms with Crippen molar-refractivity contribution in [1.29, 1.82) is 0 Å². The van der Waals surface area contributed by atoms with Crippen LogP contribution >= 0.6 is 0 Å². The van der Waals surface area contributed by atoms with E-state index in [1.54, 1.807) is 0 Å². The van der Waals surface area contributed by atoms with Crippen LogP contribution in [0.15, 0.2) is 48.6 Å². The van der Waals surface area contributed by atoms with Gasteiger partial charge in [-0.15, -0.1) is 0 Å². The molecule has 336 valence electrons. The van der Waals surface area contributed by atoms with E-state index in [0.29, 0.717) is 13.6 Å². The van der Waals surface area contributed by atoms with Gasteiger partial charge in [-0.05, 0) is 103 Å². The Bertz CT molecular complexity index is 755. The van der Waals surface area contributed by atoms with Gasteiger partial charge in [-0.25, -0.2) is 0 Å². The second-order valence-corrected chi connectivity index (χ2v) is 16.2. The fraction of sp³-hybridized carbons (Fsp3) is 0.846. The Labute approximate surface area is 356 Å². The van der Waals surface area contributed by atoms with Crippen LogP contribution in [0.4, 0.5) is 0 Å². The van der Waals surface area contributed by atoms with Crippen molar-refractivity contribution in [2.75, 3.05) is 53.2 Å². The Morgan fingerprint density at radius 2 is 0.456 bits per heavy atom. The summed E-state index contributed by atoms with van der Waals surface area (Å²) in [6.45, 7) is 10.2. The molecule has 0 radical (unpaired) electrons. The van der Waals surface area contributed by atoms with E-state index in [4.69, 9.17) is 23.7 Å². The molecule has 0 atom stereocenters. The van der Waals surface area contributed by atoms with Crippen molar-refractivity contribution < 1.29 is 23.7 Å². The summed E-state index contributed by atoms with van der Waals surface area (Å²) < 4.78 is 28.3. The van der Waals surface area contributed by atoms with Crippen LogP contribution in [0.5, 0.6) is 0 Å². The second-order valence-electron chi connectivity index (χ2n) is 16.2. The minimum atomic E-state index is 0.327. The Kier molecular flexibility index (Phi) is 53.6. The third kappa shape index (κ3) is 54.8. The van der Waals surface area contributed by atoms with Crippen LogP contribution < -0.4 is 0 Å². The number of hydrogen-bond acceptors (Lipinski definition) is 5. The molecule has 0 rings (SSSR count). The molecule has 0 fully saturated rings. The van der Waals surface area contributed by atoms with Crippen LogP contribution in [0.25, 0.3) is 0 Å². The first-order valence-corrected chi connectivity index (χ1v) is 24.9. The van der Waals surface area contributed by atoms with Gasteiger partial charge in [0, 0.05) is 26.4 Å². The Balaban J connectivity index is 3.14. The zero-order valence-corrected chi connectivity index (χ0v) is 38.4. The van der Waals surface area contributed by atoms with Crippen molar-refractivity contribution in [2.45, 2.75) is 232 Å². The van der Waals surface area contributed by atoms with E-state index in [-0.39, 0.29) is 0 Å². The molecule has 5 nitrogen and oxygen atoms in total. The van der Waals surface area contributed by atoms with E-state index in [2.05, 4.69) is 62.5 Å². The van der Waals surface area contributed by atoms with Crippen molar-refractivity contribution in [3.8, 4) is 0 Å². The lowest BCUT2D eigenvalue weighted by atomic mass is 10.1. The maximum absolute atomic E-state index is 5.81. The maximum atomic E-state index is 5.81. The molecule has 0 aliphatic heterocycles. The van der Waals surface area contributed by atoms with Crippen LogP contribution in [0.2, 0.25) is 0 Å². The van der Waals surface area contributed by atoms with E-state index < -0.39 is 0 Å². The Hall–Kier alpha value is -1.24. The van der Waals surface area contributed by atoms with Crippen LogP contribution in [0, 0.1) is 0 Å². The first-order valence-electron chi connectivity index (χ1n) is 24.9. The number of ether oxygens (including phenoxy) is 5. The monoisotopic (exact) mass is 803 g/mol. The van der Waals surface area contributed by atoms with E-state index >= 15 is 0 Å². The molecule has 0 amide bonds. The van der Waals surface area contributed by atoms with Crippen LogP contribution in [0.1, 0.15) is 232 Å². The molecule has 0 aromatic carbocycles. The Morgan fingerprint density at radius 1 is 0.211 bits per heavy atom. The van der Waals surface area contributed by atoms with Crippen LogP contribution in [-0.4, -0.2) is 53.2 Å². The third-order valence-corrected chi connectivity index (χ3v) is 10.4. The van der Waals surface area contributed by atoms with Crippen molar-refractivity contribution in [2.24, 2.45) is 0 Å². The number of unbranched alkanes of at least 4 members (excludes halogenated alkanes) is 26. The molecule has 5 heteroatoms. The first-order chi connectivity index (χ1) is 28.4. The van der Waals surface area contributed by atoms with Crippen molar-refractivity contribution in [3.05, 3.63) is 48.6 Å². The number of rotatable bonds is 50. The van der Waals surface area contributed by atoms with E-state index in [1.807, 2.05) is 0 Å². The van der Waals surface area contributed by atoms with Crippen LogP contribution in [-0.2, 0) is 23.7 Å². The van der Waals surface area contributed by atoms with Crippen molar-refractivity contribution in [1.82, 2.24) is 0 Å². The summed E-state index contributed by atoms with van der Waals surface area (Å²) in [5, 5.41) is 0. The Morgan fingerprint density at radius 3 is 0.772 bits per heavy atom. The topological polar surface area (TPSA) is 46.2 Å². The van der Waals surface area contributed by atoms with Gasteiger partial charge in [0.05, 0.1) is 13.2 Å². The highest BCUT2D eigenvalue weighted by atomic mass is 16.7. The standard InChI is InChI=1S/C52H98O5/c1-3-5-7-9-11-13-15-17-19-21-23-25-27-29-33-39-45-53-47-41-35-31-37-43-49-55-51-57-52-56-50-44-38-32-36-42-48-54-46-40-34-30-28-26-24-22-20-18-16-14-12-10-8-6-4-2/h9-12,29-30,33-34H,3-8,13-28,31-32,35-52H2,1-2H3/b11-9-,12-10-,33-29-,34-30-. The summed E-state index contributed by atoms with van der Waals surface area (Å²) in [6.07, 6.45) is 62.1. The summed E-state index contributed by atoms with van der Waals surface area (Å²) >= 11 is 0. The fourth-order valence-electron chi connectivity index (χ4n) is 6.70. The van der Waals surface area contributed by atoms with Crippen molar-refractivity contribution in [3.63, 3.8) is 0 Å². The lowest BCUT2D eigenvalue weighted by Crippen LogP contribution is -2.06. The average Bonchev–Trinajstić information content (AvgIpc) is 3.22. The average molecular weight is 803 g/mol. The van der Waals surface area contributed by atoms with Gasteiger partial charge < -0.3 is 23.7 Å². The minimum absolute atomic E-state index is 0.327. The van der Waals surface area contributed by atoms with Crippen LogP contribution in [0.3, 0.4) is 0 Å². The van der Waals surface area contributed by atoms with E-state index in [0.717, 1.165) is 78.2 Å². The van der Waals surface area contributed by atoms with Gasteiger partial charge in [0.2, 0.25) is 0 Å². The number of allylic oxidation sites excluding steroid dienone is 6. The molecular formula is C52H98O5. The molecule has 0 aliphatic carbocycles. The number of hydrogen-bond donors (Lipinski definition) is 0. The molecular weight excluding hydrogens is 705 g/mol. The summed E-state index contributed by atoms with van der Waals surface area (Å²) in [4.78, 5) is 0. The largest absolute Gasteiger partial charge is 0.381 e.